The second-order valence-corrected chi connectivity index (χ2v) is 12.2. The molecule has 0 bridgehead atoms. The average molecular weight is 626 g/mol. The standard InChI is InChI=1S/C48H35N/c1-5-15-36(16-6-1)40-25-27-42(28-26-40)47-23-13-14-24-48(47)49(45-31-29-41(30-32-45)37-17-7-2-8-18-37)46-34-43(38-19-9-3-10-20-38)33-44(35-46)39-21-11-4-12-22-39/h1-35H. The largest absolute Gasteiger partial charge is 0.310 e. The minimum Gasteiger partial charge on any atom is -0.310 e. The predicted octanol–water partition coefficient (Wildman–Crippen LogP) is 13.5. The summed E-state index contributed by atoms with van der Waals surface area (Å²) in [6, 6.07) is 76.1. The molecule has 0 unspecified atom stereocenters. The smallest absolute Gasteiger partial charge is 0.0540 e. The fourth-order valence-electron chi connectivity index (χ4n) is 6.58. The van der Waals surface area contributed by atoms with Gasteiger partial charge < -0.3 is 4.90 Å². The van der Waals surface area contributed by atoms with E-state index >= 15 is 0 Å². The van der Waals surface area contributed by atoms with Crippen molar-refractivity contribution < 1.29 is 0 Å². The molecule has 0 radical (unpaired) electrons. The van der Waals surface area contributed by atoms with E-state index in [9.17, 15) is 0 Å². The molecule has 0 heterocycles. The summed E-state index contributed by atoms with van der Waals surface area (Å²) in [5, 5.41) is 0. The van der Waals surface area contributed by atoms with Crippen molar-refractivity contribution in [1.29, 1.82) is 0 Å². The second kappa shape index (κ2) is 13.7. The summed E-state index contributed by atoms with van der Waals surface area (Å²) in [7, 11) is 0. The van der Waals surface area contributed by atoms with Crippen LogP contribution in [0.2, 0.25) is 0 Å². The van der Waals surface area contributed by atoms with E-state index in [1.165, 1.54) is 55.6 Å². The van der Waals surface area contributed by atoms with E-state index < -0.39 is 0 Å². The van der Waals surface area contributed by atoms with Gasteiger partial charge in [0.25, 0.3) is 0 Å². The van der Waals surface area contributed by atoms with Gasteiger partial charge in [-0.15, -0.1) is 0 Å². The molecule has 0 aliphatic rings. The predicted molar refractivity (Wildman–Crippen MR) is 208 cm³/mol. The zero-order valence-electron chi connectivity index (χ0n) is 27.2. The summed E-state index contributed by atoms with van der Waals surface area (Å²) >= 11 is 0. The molecular weight excluding hydrogens is 591 g/mol. The number of para-hydroxylation sites is 1. The number of benzene rings is 8. The first-order valence-electron chi connectivity index (χ1n) is 16.8. The Kier molecular flexibility index (Phi) is 8.39. The Bertz CT molecular complexity index is 2220. The first-order chi connectivity index (χ1) is 24.3. The molecule has 1 heteroatoms. The fraction of sp³-hybridized carbons (Fsp3) is 0. The van der Waals surface area contributed by atoms with Crippen LogP contribution in [0.3, 0.4) is 0 Å². The van der Waals surface area contributed by atoms with Crippen LogP contribution in [0.1, 0.15) is 0 Å². The Morgan fingerprint density at radius 1 is 0.224 bits per heavy atom. The number of hydrogen-bond donors (Lipinski definition) is 0. The van der Waals surface area contributed by atoms with Crippen LogP contribution in [-0.2, 0) is 0 Å². The summed E-state index contributed by atoms with van der Waals surface area (Å²) < 4.78 is 0. The maximum Gasteiger partial charge on any atom is 0.0540 e. The molecule has 0 spiro atoms. The fourth-order valence-corrected chi connectivity index (χ4v) is 6.58. The molecule has 0 aliphatic heterocycles. The van der Waals surface area contributed by atoms with E-state index in [2.05, 4.69) is 217 Å². The van der Waals surface area contributed by atoms with Crippen LogP contribution < -0.4 is 4.90 Å². The molecule has 0 atom stereocenters. The van der Waals surface area contributed by atoms with E-state index in [1.807, 2.05) is 0 Å². The topological polar surface area (TPSA) is 3.24 Å². The number of hydrogen-bond acceptors (Lipinski definition) is 1. The lowest BCUT2D eigenvalue weighted by Crippen LogP contribution is -2.11. The number of nitrogens with zero attached hydrogens (tertiary/aromatic N) is 1. The summed E-state index contributed by atoms with van der Waals surface area (Å²) in [5.41, 5.74) is 15.2. The Morgan fingerprint density at radius 3 is 1.04 bits per heavy atom. The van der Waals surface area contributed by atoms with Gasteiger partial charge in [0.2, 0.25) is 0 Å². The van der Waals surface area contributed by atoms with Gasteiger partial charge in [-0.05, 0) is 86.5 Å². The van der Waals surface area contributed by atoms with Crippen molar-refractivity contribution in [3.05, 3.63) is 212 Å². The zero-order valence-corrected chi connectivity index (χ0v) is 27.2. The van der Waals surface area contributed by atoms with Gasteiger partial charge in [0.05, 0.1) is 5.69 Å². The summed E-state index contributed by atoms with van der Waals surface area (Å²) in [5.74, 6) is 0. The SMILES string of the molecule is c1ccc(-c2ccc(-c3ccccc3N(c3ccc(-c4ccccc4)cc3)c3cc(-c4ccccc4)cc(-c4ccccc4)c3)cc2)cc1. The summed E-state index contributed by atoms with van der Waals surface area (Å²) in [4.78, 5) is 2.41. The molecule has 1 nitrogen and oxygen atoms in total. The van der Waals surface area contributed by atoms with Gasteiger partial charge in [-0.25, -0.2) is 0 Å². The molecule has 0 saturated carbocycles. The lowest BCUT2D eigenvalue weighted by Gasteiger charge is -2.29. The van der Waals surface area contributed by atoms with Crippen LogP contribution in [0.4, 0.5) is 17.1 Å². The van der Waals surface area contributed by atoms with Crippen molar-refractivity contribution in [1.82, 2.24) is 0 Å². The van der Waals surface area contributed by atoms with Gasteiger partial charge in [-0.1, -0.05) is 176 Å². The van der Waals surface area contributed by atoms with Gasteiger partial charge in [0.1, 0.15) is 0 Å². The normalized spacial score (nSPS) is 10.9. The number of anilines is 3. The second-order valence-electron chi connectivity index (χ2n) is 12.2. The molecule has 0 aromatic heterocycles. The van der Waals surface area contributed by atoms with Crippen molar-refractivity contribution in [3.8, 4) is 55.6 Å². The van der Waals surface area contributed by atoms with Gasteiger partial charge >= 0.3 is 0 Å². The van der Waals surface area contributed by atoms with E-state index in [-0.39, 0.29) is 0 Å². The molecular formula is C48H35N. The molecule has 8 aromatic carbocycles. The van der Waals surface area contributed by atoms with E-state index in [0.29, 0.717) is 0 Å². The van der Waals surface area contributed by atoms with Crippen LogP contribution in [0.5, 0.6) is 0 Å². The van der Waals surface area contributed by atoms with Crippen molar-refractivity contribution in [3.63, 3.8) is 0 Å². The maximum atomic E-state index is 2.41. The first kappa shape index (κ1) is 29.9. The molecule has 8 aromatic rings. The third-order valence-electron chi connectivity index (χ3n) is 9.07. The Balaban J connectivity index is 1.31. The first-order valence-corrected chi connectivity index (χ1v) is 16.8. The van der Waals surface area contributed by atoms with Crippen LogP contribution in [0.15, 0.2) is 212 Å². The molecule has 0 aliphatic carbocycles. The van der Waals surface area contributed by atoms with Crippen LogP contribution in [0.25, 0.3) is 55.6 Å². The van der Waals surface area contributed by atoms with Gasteiger partial charge in [-0.3, -0.25) is 0 Å². The molecule has 49 heavy (non-hydrogen) atoms. The average Bonchev–Trinajstić information content (AvgIpc) is 3.20. The maximum absolute atomic E-state index is 2.41. The third kappa shape index (κ3) is 6.43. The lowest BCUT2D eigenvalue weighted by atomic mass is 9.95. The quantitative estimate of drug-likeness (QED) is 0.162. The minimum atomic E-state index is 1.09. The molecule has 0 N–H and O–H groups in total. The Labute approximate surface area is 289 Å². The monoisotopic (exact) mass is 625 g/mol. The zero-order chi connectivity index (χ0) is 32.8. The highest BCUT2D eigenvalue weighted by Crippen LogP contribution is 2.44. The van der Waals surface area contributed by atoms with Crippen LogP contribution >= 0.6 is 0 Å². The van der Waals surface area contributed by atoms with Crippen LogP contribution in [-0.4, -0.2) is 0 Å². The molecule has 8 rings (SSSR count). The van der Waals surface area contributed by atoms with Crippen LogP contribution in [0, 0.1) is 0 Å². The molecule has 0 saturated heterocycles. The van der Waals surface area contributed by atoms with Gasteiger partial charge in [-0.2, -0.15) is 0 Å². The third-order valence-corrected chi connectivity index (χ3v) is 9.07. The Hall–Kier alpha value is -6.44. The summed E-state index contributed by atoms with van der Waals surface area (Å²) in [6.07, 6.45) is 0. The van der Waals surface area contributed by atoms with Gasteiger partial charge in [0, 0.05) is 16.9 Å². The molecule has 0 amide bonds. The van der Waals surface area contributed by atoms with Crippen molar-refractivity contribution in [2.75, 3.05) is 4.90 Å². The van der Waals surface area contributed by atoms with Crippen molar-refractivity contribution in [2.45, 2.75) is 0 Å². The minimum absolute atomic E-state index is 1.09. The highest BCUT2D eigenvalue weighted by atomic mass is 15.1. The highest BCUT2D eigenvalue weighted by molar-refractivity contribution is 5.91. The van der Waals surface area contributed by atoms with E-state index in [0.717, 1.165) is 17.1 Å². The van der Waals surface area contributed by atoms with Gasteiger partial charge in [0.15, 0.2) is 0 Å². The lowest BCUT2D eigenvalue weighted by molar-refractivity contribution is 1.28. The number of rotatable bonds is 8. The highest BCUT2D eigenvalue weighted by Gasteiger charge is 2.19. The molecule has 0 fully saturated rings. The van der Waals surface area contributed by atoms with Crippen molar-refractivity contribution >= 4 is 17.1 Å². The molecule has 232 valence electrons. The van der Waals surface area contributed by atoms with E-state index in [4.69, 9.17) is 0 Å². The Morgan fingerprint density at radius 2 is 0.571 bits per heavy atom. The summed E-state index contributed by atoms with van der Waals surface area (Å²) in [6.45, 7) is 0. The van der Waals surface area contributed by atoms with Crippen molar-refractivity contribution in [2.24, 2.45) is 0 Å². The van der Waals surface area contributed by atoms with E-state index in [1.54, 1.807) is 0 Å².